The molecule has 0 unspecified atom stereocenters. The molecule has 7 nitrogen and oxygen atoms in total. The molecule has 3 rings (SSSR count). The SMILES string of the molecule is CCc1nnc(SCCCN2CCN(c3cc(C(F)F)nc(C(C)(C)C)n3)CC2)n1C.Cl. The van der Waals surface area contributed by atoms with Crippen LogP contribution in [0.4, 0.5) is 14.6 Å². The topological polar surface area (TPSA) is 63.0 Å². The van der Waals surface area contributed by atoms with E-state index in [1.54, 1.807) is 11.8 Å². The van der Waals surface area contributed by atoms with Crippen molar-refractivity contribution in [2.24, 2.45) is 7.05 Å². The summed E-state index contributed by atoms with van der Waals surface area (Å²) in [6, 6.07) is 1.44. The van der Waals surface area contributed by atoms with Crippen LogP contribution in [0.15, 0.2) is 11.2 Å². The van der Waals surface area contributed by atoms with Crippen LogP contribution in [-0.4, -0.2) is 68.1 Å². The fourth-order valence-corrected chi connectivity index (χ4v) is 4.35. The second-order valence-electron chi connectivity index (χ2n) is 8.87. The number of halogens is 3. The van der Waals surface area contributed by atoms with Crippen LogP contribution in [0.3, 0.4) is 0 Å². The lowest BCUT2D eigenvalue weighted by molar-refractivity contribution is 0.145. The molecule has 1 saturated heterocycles. The molecule has 0 bridgehead atoms. The number of alkyl halides is 2. The van der Waals surface area contributed by atoms with Gasteiger partial charge in [0.1, 0.15) is 23.2 Å². The fourth-order valence-electron chi connectivity index (χ4n) is 3.49. The molecule has 2 aromatic rings. The Morgan fingerprint density at radius 2 is 1.78 bits per heavy atom. The highest BCUT2D eigenvalue weighted by atomic mass is 35.5. The van der Waals surface area contributed by atoms with Gasteiger partial charge in [0.2, 0.25) is 0 Å². The summed E-state index contributed by atoms with van der Waals surface area (Å²) in [6.45, 7) is 12.3. The molecule has 0 atom stereocenters. The van der Waals surface area contributed by atoms with Gasteiger partial charge in [-0.2, -0.15) is 0 Å². The van der Waals surface area contributed by atoms with Gasteiger partial charge in [0, 0.05) is 56.9 Å². The zero-order valence-electron chi connectivity index (χ0n) is 19.5. The van der Waals surface area contributed by atoms with Crippen molar-refractivity contribution < 1.29 is 8.78 Å². The third-order valence-corrected chi connectivity index (χ3v) is 6.52. The smallest absolute Gasteiger partial charge is 0.280 e. The molecule has 0 radical (unpaired) electrons. The fraction of sp³-hybridized carbons (Fsp3) is 0.714. The van der Waals surface area contributed by atoms with Crippen LogP contribution in [-0.2, 0) is 18.9 Å². The molecule has 3 heterocycles. The molecule has 11 heteroatoms. The van der Waals surface area contributed by atoms with Crippen LogP contribution < -0.4 is 4.90 Å². The molecular formula is C21H34ClF2N7S. The van der Waals surface area contributed by atoms with Crippen molar-refractivity contribution in [2.45, 2.75) is 57.5 Å². The van der Waals surface area contributed by atoms with Crippen LogP contribution in [0.1, 0.15) is 57.9 Å². The maximum atomic E-state index is 13.4. The van der Waals surface area contributed by atoms with Gasteiger partial charge in [-0.1, -0.05) is 39.5 Å². The van der Waals surface area contributed by atoms with Crippen molar-refractivity contribution in [3.63, 3.8) is 0 Å². The van der Waals surface area contributed by atoms with Gasteiger partial charge in [-0.25, -0.2) is 18.7 Å². The summed E-state index contributed by atoms with van der Waals surface area (Å²) in [5, 5.41) is 9.41. The van der Waals surface area contributed by atoms with Crippen molar-refractivity contribution in [3.05, 3.63) is 23.4 Å². The lowest BCUT2D eigenvalue weighted by Crippen LogP contribution is -2.47. The molecule has 0 amide bonds. The van der Waals surface area contributed by atoms with E-state index in [1.807, 2.05) is 27.8 Å². The van der Waals surface area contributed by atoms with Crippen LogP contribution in [0, 0.1) is 0 Å². The monoisotopic (exact) mass is 489 g/mol. The molecule has 2 aromatic heterocycles. The molecule has 1 aliphatic rings. The molecule has 1 fully saturated rings. The first-order valence-electron chi connectivity index (χ1n) is 10.8. The summed E-state index contributed by atoms with van der Waals surface area (Å²) in [6.07, 6.45) is -0.642. The molecular weight excluding hydrogens is 456 g/mol. The number of hydrogen-bond acceptors (Lipinski definition) is 7. The molecule has 32 heavy (non-hydrogen) atoms. The second kappa shape index (κ2) is 11.6. The number of thioether (sulfide) groups is 1. The average molecular weight is 490 g/mol. The van der Waals surface area contributed by atoms with E-state index in [4.69, 9.17) is 0 Å². The highest BCUT2D eigenvalue weighted by molar-refractivity contribution is 7.99. The third kappa shape index (κ3) is 6.74. The summed E-state index contributed by atoms with van der Waals surface area (Å²) >= 11 is 1.74. The van der Waals surface area contributed by atoms with Crippen molar-refractivity contribution in [1.29, 1.82) is 0 Å². The summed E-state index contributed by atoms with van der Waals surface area (Å²) in [5.74, 6) is 3.08. The number of hydrogen-bond donors (Lipinski definition) is 0. The number of aryl methyl sites for hydroxylation is 1. The van der Waals surface area contributed by atoms with E-state index in [9.17, 15) is 8.78 Å². The van der Waals surface area contributed by atoms with E-state index in [-0.39, 0.29) is 23.5 Å². The largest absolute Gasteiger partial charge is 0.354 e. The van der Waals surface area contributed by atoms with E-state index in [0.29, 0.717) is 11.6 Å². The number of piperazine rings is 1. The van der Waals surface area contributed by atoms with Crippen molar-refractivity contribution in [3.8, 4) is 0 Å². The molecule has 0 spiro atoms. The van der Waals surface area contributed by atoms with Crippen molar-refractivity contribution in [1.82, 2.24) is 29.6 Å². The van der Waals surface area contributed by atoms with Gasteiger partial charge >= 0.3 is 0 Å². The normalized spacial score (nSPS) is 15.3. The van der Waals surface area contributed by atoms with Gasteiger partial charge in [0.15, 0.2) is 5.16 Å². The van der Waals surface area contributed by atoms with Gasteiger partial charge < -0.3 is 9.47 Å². The van der Waals surface area contributed by atoms with Crippen molar-refractivity contribution in [2.75, 3.05) is 43.4 Å². The number of nitrogens with zero attached hydrogens (tertiary/aromatic N) is 7. The Balaban J connectivity index is 0.00000363. The molecule has 1 aliphatic heterocycles. The highest BCUT2D eigenvalue weighted by Crippen LogP contribution is 2.27. The Labute approximate surface area is 199 Å². The van der Waals surface area contributed by atoms with Gasteiger partial charge in [-0.3, -0.25) is 4.90 Å². The van der Waals surface area contributed by atoms with Crippen LogP contribution in [0.5, 0.6) is 0 Å². The van der Waals surface area contributed by atoms with E-state index in [2.05, 4.69) is 41.5 Å². The van der Waals surface area contributed by atoms with Crippen LogP contribution in [0.2, 0.25) is 0 Å². The van der Waals surface area contributed by atoms with Gasteiger partial charge in [-0.15, -0.1) is 22.6 Å². The van der Waals surface area contributed by atoms with Crippen LogP contribution in [0.25, 0.3) is 0 Å². The Morgan fingerprint density at radius 3 is 2.34 bits per heavy atom. The van der Waals surface area contributed by atoms with Gasteiger partial charge in [0.05, 0.1) is 0 Å². The Kier molecular flexibility index (Phi) is 9.66. The standard InChI is InChI=1S/C21H33F2N7S.ClH/c1-6-16-26-27-20(28(16)5)31-13-7-8-29-9-11-30(12-10-29)17-14-15(18(22)23)24-19(25-17)21(2,3)4;/h14,18H,6-13H2,1-5H3;1H. The maximum absolute atomic E-state index is 13.4. The van der Waals surface area contributed by atoms with E-state index in [1.165, 1.54) is 6.07 Å². The minimum absolute atomic E-state index is 0. The molecule has 0 aliphatic carbocycles. The van der Waals surface area contributed by atoms with Crippen molar-refractivity contribution >= 4 is 30.0 Å². The average Bonchev–Trinajstić information content (AvgIpc) is 3.10. The molecule has 180 valence electrons. The first-order chi connectivity index (χ1) is 14.7. The predicted octanol–water partition coefficient (Wildman–Crippen LogP) is 4.13. The minimum Gasteiger partial charge on any atom is -0.354 e. The van der Waals surface area contributed by atoms with E-state index in [0.717, 1.165) is 62.3 Å². The summed E-state index contributed by atoms with van der Waals surface area (Å²) in [5.41, 5.74) is -0.566. The lowest BCUT2D eigenvalue weighted by atomic mass is 9.95. The molecule has 0 N–H and O–H groups in total. The zero-order valence-corrected chi connectivity index (χ0v) is 21.1. The number of aromatic nitrogens is 5. The lowest BCUT2D eigenvalue weighted by Gasteiger charge is -2.36. The van der Waals surface area contributed by atoms with Gasteiger partial charge in [-0.05, 0) is 13.0 Å². The summed E-state index contributed by atoms with van der Waals surface area (Å²) in [7, 11) is 2.01. The third-order valence-electron chi connectivity index (χ3n) is 5.41. The van der Waals surface area contributed by atoms with E-state index >= 15 is 0 Å². The summed E-state index contributed by atoms with van der Waals surface area (Å²) in [4.78, 5) is 13.2. The quantitative estimate of drug-likeness (QED) is 0.408. The number of rotatable bonds is 8. The van der Waals surface area contributed by atoms with Gasteiger partial charge in [0.25, 0.3) is 6.43 Å². The molecule has 0 saturated carbocycles. The van der Waals surface area contributed by atoms with Crippen LogP contribution >= 0.6 is 24.2 Å². The summed E-state index contributed by atoms with van der Waals surface area (Å²) < 4.78 is 28.8. The first kappa shape index (κ1) is 26.7. The second-order valence-corrected chi connectivity index (χ2v) is 9.93. The Bertz CT molecular complexity index is 864. The number of anilines is 1. The van der Waals surface area contributed by atoms with E-state index < -0.39 is 6.43 Å². The Hall–Kier alpha value is -1.52. The maximum Gasteiger partial charge on any atom is 0.280 e. The highest BCUT2D eigenvalue weighted by Gasteiger charge is 2.25. The Morgan fingerprint density at radius 1 is 1.09 bits per heavy atom. The zero-order chi connectivity index (χ0) is 22.6. The molecule has 0 aromatic carbocycles. The minimum atomic E-state index is -2.59. The first-order valence-corrected chi connectivity index (χ1v) is 11.8. The predicted molar refractivity (Wildman–Crippen MR) is 127 cm³/mol.